The van der Waals surface area contributed by atoms with Gasteiger partial charge in [-0.1, -0.05) is 42.3 Å². The van der Waals surface area contributed by atoms with E-state index in [1.54, 1.807) is 0 Å². The minimum absolute atomic E-state index is 0.163. The van der Waals surface area contributed by atoms with Gasteiger partial charge in [0.25, 0.3) is 0 Å². The Bertz CT molecular complexity index is 289. The number of unbranched alkanes of at least 4 members (excludes halogenated alkanes) is 1. The second-order valence-corrected chi connectivity index (χ2v) is 4.61. The molecule has 15 heavy (non-hydrogen) atoms. The first-order valence-electron chi connectivity index (χ1n) is 5.53. The Labute approximate surface area is 98.0 Å². The van der Waals surface area contributed by atoms with Gasteiger partial charge in [-0.25, -0.2) is 0 Å². The van der Waals surface area contributed by atoms with Crippen molar-refractivity contribution in [3.05, 3.63) is 48.0 Å². The molecule has 1 unspecified atom stereocenters. The third-order valence-corrected chi connectivity index (χ3v) is 2.94. The van der Waals surface area contributed by atoms with Gasteiger partial charge in [-0.05, 0) is 31.7 Å². The molecule has 0 aliphatic heterocycles. The molecular formula is C14H19Cl. The SMILES string of the molecule is C=C(C)CCCCC(Cl)c1ccccc1. The van der Waals surface area contributed by atoms with Crippen molar-refractivity contribution in [1.29, 1.82) is 0 Å². The number of alkyl halides is 1. The molecule has 82 valence electrons. The van der Waals surface area contributed by atoms with E-state index in [0.29, 0.717) is 0 Å². The van der Waals surface area contributed by atoms with Gasteiger partial charge in [-0.2, -0.15) is 0 Å². The lowest BCUT2D eigenvalue weighted by atomic mass is 10.0. The van der Waals surface area contributed by atoms with Gasteiger partial charge < -0.3 is 0 Å². The molecule has 0 bridgehead atoms. The topological polar surface area (TPSA) is 0 Å². The van der Waals surface area contributed by atoms with Crippen molar-refractivity contribution in [2.45, 2.75) is 38.0 Å². The van der Waals surface area contributed by atoms with E-state index >= 15 is 0 Å². The van der Waals surface area contributed by atoms with E-state index in [0.717, 1.165) is 12.8 Å². The highest BCUT2D eigenvalue weighted by Crippen LogP contribution is 2.26. The fraction of sp³-hybridized carbons (Fsp3) is 0.429. The average molecular weight is 223 g/mol. The zero-order valence-corrected chi connectivity index (χ0v) is 10.1. The lowest BCUT2D eigenvalue weighted by Crippen LogP contribution is -1.90. The van der Waals surface area contributed by atoms with Crippen LogP contribution in [0.4, 0.5) is 0 Å². The van der Waals surface area contributed by atoms with E-state index in [1.807, 2.05) is 18.2 Å². The molecule has 1 aromatic rings. The van der Waals surface area contributed by atoms with Crippen LogP contribution in [-0.4, -0.2) is 0 Å². The van der Waals surface area contributed by atoms with Crippen LogP contribution in [0, 0.1) is 0 Å². The summed E-state index contributed by atoms with van der Waals surface area (Å²) in [7, 11) is 0. The van der Waals surface area contributed by atoms with Gasteiger partial charge in [0.05, 0.1) is 5.38 Å². The minimum atomic E-state index is 0.163. The first kappa shape index (κ1) is 12.3. The van der Waals surface area contributed by atoms with Gasteiger partial charge in [0.2, 0.25) is 0 Å². The Morgan fingerprint density at radius 1 is 1.27 bits per heavy atom. The summed E-state index contributed by atoms with van der Waals surface area (Å²) >= 11 is 6.30. The average Bonchev–Trinajstić information content (AvgIpc) is 2.25. The summed E-state index contributed by atoms with van der Waals surface area (Å²) in [6.07, 6.45) is 4.55. The number of hydrogen-bond donors (Lipinski definition) is 0. The molecule has 0 radical (unpaired) electrons. The zero-order chi connectivity index (χ0) is 11.1. The van der Waals surface area contributed by atoms with E-state index in [4.69, 9.17) is 11.6 Å². The summed E-state index contributed by atoms with van der Waals surface area (Å²) in [6.45, 7) is 5.98. The third-order valence-electron chi connectivity index (χ3n) is 2.47. The quantitative estimate of drug-likeness (QED) is 0.357. The van der Waals surface area contributed by atoms with E-state index in [9.17, 15) is 0 Å². The van der Waals surface area contributed by atoms with Gasteiger partial charge in [0.1, 0.15) is 0 Å². The Hall–Kier alpha value is -0.750. The number of benzene rings is 1. The van der Waals surface area contributed by atoms with Crippen LogP contribution in [0.1, 0.15) is 43.5 Å². The lowest BCUT2D eigenvalue weighted by molar-refractivity contribution is 0.664. The Balaban J connectivity index is 2.25. The monoisotopic (exact) mass is 222 g/mol. The van der Waals surface area contributed by atoms with Gasteiger partial charge in [0.15, 0.2) is 0 Å². The van der Waals surface area contributed by atoms with Crippen LogP contribution in [-0.2, 0) is 0 Å². The fourth-order valence-corrected chi connectivity index (χ4v) is 1.88. The van der Waals surface area contributed by atoms with Crippen molar-refractivity contribution in [3.8, 4) is 0 Å². The van der Waals surface area contributed by atoms with Crippen LogP contribution in [0.25, 0.3) is 0 Å². The van der Waals surface area contributed by atoms with Crippen molar-refractivity contribution in [2.24, 2.45) is 0 Å². The zero-order valence-electron chi connectivity index (χ0n) is 9.38. The molecule has 1 aromatic carbocycles. The first-order valence-corrected chi connectivity index (χ1v) is 5.97. The molecule has 0 aliphatic rings. The molecule has 0 saturated heterocycles. The van der Waals surface area contributed by atoms with Gasteiger partial charge >= 0.3 is 0 Å². The molecule has 0 nitrogen and oxygen atoms in total. The van der Waals surface area contributed by atoms with Crippen LogP contribution in [0.5, 0.6) is 0 Å². The molecule has 1 heteroatoms. The lowest BCUT2D eigenvalue weighted by Gasteiger charge is -2.09. The molecule has 0 heterocycles. The van der Waals surface area contributed by atoms with Gasteiger partial charge in [-0.3, -0.25) is 0 Å². The Kier molecular flexibility index (Phi) is 5.49. The van der Waals surface area contributed by atoms with E-state index in [-0.39, 0.29) is 5.38 Å². The van der Waals surface area contributed by atoms with Crippen LogP contribution in [0.2, 0.25) is 0 Å². The van der Waals surface area contributed by atoms with Crippen molar-refractivity contribution in [2.75, 3.05) is 0 Å². The van der Waals surface area contributed by atoms with Crippen molar-refractivity contribution < 1.29 is 0 Å². The first-order chi connectivity index (χ1) is 7.20. The summed E-state index contributed by atoms with van der Waals surface area (Å²) in [4.78, 5) is 0. The molecular weight excluding hydrogens is 204 g/mol. The fourth-order valence-electron chi connectivity index (χ4n) is 1.58. The standard InChI is InChI=1S/C14H19Cl/c1-12(2)8-6-7-11-14(15)13-9-4-3-5-10-13/h3-5,9-10,14H,1,6-8,11H2,2H3. The van der Waals surface area contributed by atoms with Crippen LogP contribution in [0.15, 0.2) is 42.5 Å². The minimum Gasteiger partial charge on any atom is -0.118 e. The van der Waals surface area contributed by atoms with E-state index in [2.05, 4.69) is 25.6 Å². The number of halogens is 1. The second kappa shape index (κ2) is 6.68. The normalized spacial score (nSPS) is 12.4. The molecule has 0 aromatic heterocycles. The van der Waals surface area contributed by atoms with Gasteiger partial charge in [-0.15, -0.1) is 18.2 Å². The number of hydrogen-bond acceptors (Lipinski definition) is 0. The smallest absolute Gasteiger partial charge is 0.0585 e. The van der Waals surface area contributed by atoms with E-state index in [1.165, 1.54) is 24.0 Å². The summed E-state index contributed by atoms with van der Waals surface area (Å²) in [5, 5.41) is 0.163. The maximum absolute atomic E-state index is 6.30. The predicted octanol–water partition coefficient (Wildman–Crippen LogP) is 5.10. The van der Waals surface area contributed by atoms with Crippen molar-refractivity contribution >= 4 is 11.6 Å². The Morgan fingerprint density at radius 3 is 2.53 bits per heavy atom. The second-order valence-electron chi connectivity index (χ2n) is 4.08. The molecule has 0 amide bonds. The molecule has 0 saturated carbocycles. The van der Waals surface area contributed by atoms with E-state index < -0.39 is 0 Å². The van der Waals surface area contributed by atoms with Gasteiger partial charge in [0, 0.05) is 0 Å². The third kappa shape index (κ3) is 5.03. The number of rotatable bonds is 6. The molecule has 0 fully saturated rings. The molecule has 0 spiro atoms. The molecule has 1 rings (SSSR count). The molecule has 0 aliphatic carbocycles. The maximum Gasteiger partial charge on any atom is 0.0585 e. The summed E-state index contributed by atoms with van der Waals surface area (Å²) in [5.41, 5.74) is 2.50. The van der Waals surface area contributed by atoms with Crippen LogP contribution in [0.3, 0.4) is 0 Å². The largest absolute Gasteiger partial charge is 0.118 e. The number of allylic oxidation sites excluding steroid dienone is 1. The van der Waals surface area contributed by atoms with Crippen LogP contribution < -0.4 is 0 Å². The molecule has 1 atom stereocenters. The van der Waals surface area contributed by atoms with Crippen LogP contribution >= 0.6 is 11.6 Å². The van der Waals surface area contributed by atoms with Crippen molar-refractivity contribution in [3.63, 3.8) is 0 Å². The molecule has 0 N–H and O–H groups in total. The highest BCUT2D eigenvalue weighted by molar-refractivity contribution is 6.20. The van der Waals surface area contributed by atoms with Crippen molar-refractivity contribution in [1.82, 2.24) is 0 Å². The summed E-state index contributed by atoms with van der Waals surface area (Å²) < 4.78 is 0. The summed E-state index contributed by atoms with van der Waals surface area (Å²) in [5.74, 6) is 0. The highest BCUT2D eigenvalue weighted by Gasteiger charge is 2.06. The summed E-state index contributed by atoms with van der Waals surface area (Å²) in [6, 6.07) is 10.3. The highest BCUT2D eigenvalue weighted by atomic mass is 35.5. The maximum atomic E-state index is 6.30. The Morgan fingerprint density at radius 2 is 1.93 bits per heavy atom. The predicted molar refractivity (Wildman–Crippen MR) is 68.3 cm³/mol.